The van der Waals surface area contributed by atoms with Gasteiger partial charge in [-0.25, -0.2) is 0 Å². The summed E-state index contributed by atoms with van der Waals surface area (Å²) < 4.78 is 43.1. The Balaban J connectivity index is 2.35. The molecule has 0 saturated heterocycles. The summed E-state index contributed by atoms with van der Waals surface area (Å²) in [5, 5.41) is 9.03. The standard InChI is InChI=1S/C15H11F3N2O/c1-9-2-4-13(10(6-9)8-19)21-14-5-3-11(7-12(14)20)15(16,17)18/h2-7H,20H2,1H3. The molecule has 0 fully saturated rings. The molecule has 2 aromatic rings. The maximum atomic E-state index is 12.6. The van der Waals surface area contributed by atoms with Crippen molar-refractivity contribution in [2.45, 2.75) is 13.1 Å². The maximum absolute atomic E-state index is 12.6. The van der Waals surface area contributed by atoms with Crippen LogP contribution in [0, 0.1) is 18.3 Å². The highest BCUT2D eigenvalue weighted by Crippen LogP contribution is 2.36. The van der Waals surface area contributed by atoms with Gasteiger partial charge in [0, 0.05) is 0 Å². The number of rotatable bonds is 2. The van der Waals surface area contributed by atoms with Gasteiger partial charge in [-0.3, -0.25) is 0 Å². The van der Waals surface area contributed by atoms with Crippen molar-refractivity contribution in [1.29, 1.82) is 5.26 Å². The molecule has 0 aliphatic carbocycles. The number of nitrogens with zero attached hydrogens (tertiary/aromatic N) is 1. The molecule has 0 bridgehead atoms. The first-order valence-electron chi connectivity index (χ1n) is 5.96. The van der Waals surface area contributed by atoms with E-state index in [1.807, 2.05) is 13.0 Å². The number of alkyl halides is 3. The third-order valence-corrected chi connectivity index (χ3v) is 2.81. The number of anilines is 1. The Morgan fingerprint density at radius 2 is 1.76 bits per heavy atom. The van der Waals surface area contributed by atoms with Crippen LogP contribution < -0.4 is 10.5 Å². The number of aryl methyl sites for hydroxylation is 1. The summed E-state index contributed by atoms with van der Waals surface area (Å²) in [5.74, 6) is 0.318. The van der Waals surface area contributed by atoms with Gasteiger partial charge in [0.15, 0.2) is 0 Å². The number of ether oxygens (including phenoxy) is 1. The Bertz CT molecular complexity index is 718. The number of hydrogen-bond acceptors (Lipinski definition) is 3. The number of nitrogen functional groups attached to an aromatic ring is 1. The summed E-state index contributed by atoms with van der Waals surface area (Å²) in [5.41, 5.74) is 5.75. The molecule has 0 atom stereocenters. The molecule has 0 unspecified atom stereocenters. The molecule has 21 heavy (non-hydrogen) atoms. The Hall–Kier alpha value is -2.68. The van der Waals surface area contributed by atoms with E-state index in [4.69, 9.17) is 15.7 Å². The highest BCUT2D eigenvalue weighted by atomic mass is 19.4. The lowest BCUT2D eigenvalue weighted by Gasteiger charge is -2.12. The predicted octanol–water partition coefficient (Wildman–Crippen LogP) is 4.26. The zero-order chi connectivity index (χ0) is 15.6. The molecule has 0 heterocycles. The monoisotopic (exact) mass is 292 g/mol. The van der Waals surface area contributed by atoms with Crippen LogP contribution in [0.25, 0.3) is 0 Å². The lowest BCUT2D eigenvalue weighted by atomic mass is 10.1. The minimum absolute atomic E-state index is 0.0725. The van der Waals surface area contributed by atoms with Crippen molar-refractivity contribution in [1.82, 2.24) is 0 Å². The minimum Gasteiger partial charge on any atom is -0.454 e. The largest absolute Gasteiger partial charge is 0.454 e. The predicted molar refractivity (Wildman–Crippen MR) is 71.8 cm³/mol. The van der Waals surface area contributed by atoms with E-state index >= 15 is 0 Å². The van der Waals surface area contributed by atoms with Crippen molar-refractivity contribution >= 4 is 5.69 Å². The van der Waals surface area contributed by atoms with E-state index in [1.54, 1.807) is 18.2 Å². The molecule has 108 valence electrons. The lowest BCUT2D eigenvalue weighted by Crippen LogP contribution is -2.06. The molecule has 2 aromatic carbocycles. The summed E-state index contributed by atoms with van der Waals surface area (Å²) in [7, 11) is 0. The first-order chi connectivity index (χ1) is 9.81. The van der Waals surface area contributed by atoms with Crippen LogP contribution in [0.2, 0.25) is 0 Å². The van der Waals surface area contributed by atoms with Crippen molar-refractivity contribution in [3.63, 3.8) is 0 Å². The number of hydrogen-bond donors (Lipinski definition) is 1. The van der Waals surface area contributed by atoms with Crippen molar-refractivity contribution in [3.8, 4) is 17.6 Å². The molecule has 0 aliphatic rings. The smallest absolute Gasteiger partial charge is 0.416 e. The SMILES string of the molecule is Cc1ccc(Oc2ccc(C(F)(F)F)cc2N)c(C#N)c1. The van der Waals surface area contributed by atoms with Crippen molar-refractivity contribution in [2.24, 2.45) is 0 Å². The van der Waals surface area contributed by atoms with Gasteiger partial charge in [0.1, 0.15) is 17.6 Å². The first kappa shape index (κ1) is 14.7. The van der Waals surface area contributed by atoms with Crippen LogP contribution in [0.15, 0.2) is 36.4 Å². The van der Waals surface area contributed by atoms with Crippen molar-refractivity contribution < 1.29 is 17.9 Å². The van der Waals surface area contributed by atoms with Gasteiger partial charge in [-0.15, -0.1) is 0 Å². The Kier molecular flexibility index (Phi) is 3.76. The maximum Gasteiger partial charge on any atom is 0.416 e. The summed E-state index contributed by atoms with van der Waals surface area (Å²) in [4.78, 5) is 0. The second kappa shape index (κ2) is 5.37. The van der Waals surface area contributed by atoms with Gasteiger partial charge in [-0.05, 0) is 42.8 Å². The average molecular weight is 292 g/mol. The molecule has 0 spiro atoms. The van der Waals surface area contributed by atoms with Crippen LogP contribution >= 0.6 is 0 Å². The fourth-order valence-electron chi connectivity index (χ4n) is 1.76. The number of nitriles is 1. The van der Waals surface area contributed by atoms with Gasteiger partial charge in [0.25, 0.3) is 0 Å². The van der Waals surface area contributed by atoms with Gasteiger partial charge < -0.3 is 10.5 Å². The van der Waals surface area contributed by atoms with Gasteiger partial charge in [-0.1, -0.05) is 6.07 Å². The quantitative estimate of drug-likeness (QED) is 0.841. The van der Waals surface area contributed by atoms with E-state index in [9.17, 15) is 13.2 Å². The first-order valence-corrected chi connectivity index (χ1v) is 5.96. The fraction of sp³-hybridized carbons (Fsp3) is 0.133. The number of nitrogens with two attached hydrogens (primary N) is 1. The van der Waals surface area contributed by atoms with Crippen LogP contribution in [-0.4, -0.2) is 0 Å². The second-order valence-corrected chi connectivity index (χ2v) is 4.46. The molecule has 0 amide bonds. The minimum atomic E-state index is -4.46. The zero-order valence-electron chi connectivity index (χ0n) is 11.0. The van der Waals surface area contributed by atoms with Crippen LogP contribution in [-0.2, 0) is 6.18 Å². The van der Waals surface area contributed by atoms with Gasteiger partial charge >= 0.3 is 6.18 Å². The fourth-order valence-corrected chi connectivity index (χ4v) is 1.76. The second-order valence-electron chi connectivity index (χ2n) is 4.46. The Labute approximate surface area is 119 Å². The summed E-state index contributed by atoms with van der Waals surface area (Å²) >= 11 is 0. The topological polar surface area (TPSA) is 59.0 Å². The summed E-state index contributed by atoms with van der Waals surface area (Å²) in [6.07, 6.45) is -4.46. The molecule has 2 N–H and O–H groups in total. The molecule has 0 aromatic heterocycles. The molecule has 2 rings (SSSR count). The third kappa shape index (κ3) is 3.26. The lowest BCUT2D eigenvalue weighted by molar-refractivity contribution is -0.137. The Morgan fingerprint density at radius 3 is 2.33 bits per heavy atom. The van der Waals surface area contributed by atoms with E-state index in [0.717, 1.165) is 23.8 Å². The van der Waals surface area contributed by atoms with E-state index < -0.39 is 11.7 Å². The van der Waals surface area contributed by atoms with Crippen LogP contribution in [0.3, 0.4) is 0 Å². The molecule has 0 saturated carbocycles. The van der Waals surface area contributed by atoms with Gasteiger partial charge in [0.2, 0.25) is 0 Å². The van der Waals surface area contributed by atoms with E-state index in [-0.39, 0.29) is 22.7 Å². The van der Waals surface area contributed by atoms with Crippen LogP contribution in [0.4, 0.5) is 18.9 Å². The Morgan fingerprint density at radius 1 is 1.10 bits per heavy atom. The van der Waals surface area contributed by atoms with E-state index in [0.29, 0.717) is 0 Å². The van der Waals surface area contributed by atoms with Crippen LogP contribution in [0.5, 0.6) is 11.5 Å². The normalized spacial score (nSPS) is 11.0. The molecular formula is C15H11F3N2O. The van der Waals surface area contributed by atoms with Crippen LogP contribution in [0.1, 0.15) is 16.7 Å². The molecule has 3 nitrogen and oxygen atoms in total. The average Bonchev–Trinajstić information content (AvgIpc) is 2.41. The highest BCUT2D eigenvalue weighted by Gasteiger charge is 2.31. The third-order valence-electron chi connectivity index (χ3n) is 2.81. The van der Waals surface area contributed by atoms with E-state index in [2.05, 4.69) is 0 Å². The van der Waals surface area contributed by atoms with Gasteiger partial charge in [0.05, 0.1) is 16.8 Å². The summed E-state index contributed by atoms with van der Waals surface area (Å²) in [6, 6.07) is 9.71. The zero-order valence-corrected chi connectivity index (χ0v) is 11.0. The molecule has 6 heteroatoms. The van der Waals surface area contributed by atoms with E-state index in [1.165, 1.54) is 0 Å². The molecular weight excluding hydrogens is 281 g/mol. The summed E-state index contributed by atoms with van der Waals surface area (Å²) in [6.45, 7) is 1.82. The van der Waals surface area contributed by atoms with Crippen molar-refractivity contribution in [2.75, 3.05) is 5.73 Å². The van der Waals surface area contributed by atoms with Crippen molar-refractivity contribution in [3.05, 3.63) is 53.1 Å². The molecule has 0 aliphatic heterocycles. The highest BCUT2D eigenvalue weighted by molar-refractivity contribution is 5.57. The number of halogens is 3. The van der Waals surface area contributed by atoms with Gasteiger partial charge in [-0.2, -0.15) is 18.4 Å². The number of benzene rings is 2. The molecule has 0 radical (unpaired) electrons.